The Bertz CT molecular complexity index is 661. The molecule has 0 aromatic rings. The summed E-state index contributed by atoms with van der Waals surface area (Å²) < 4.78 is 35.3. The molecular formula is C26H47NO8. The van der Waals surface area contributed by atoms with Gasteiger partial charge in [0.15, 0.2) is 5.79 Å². The number of methoxy groups -OCH3 is 1. The molecule has 3 rings (SSSR count). The Morgan fingerprint density at radius 1 is 1.11 bits per heavy atom. The molecule has 3 fully saturated rings. The van der Waals surface area contributed by atoms with Crippen molar-refractivity contribution >= 4 is 5.97 Å². The van der Waals surface area contributed by atoms with Crippen molar-refractivity contribution in [3.63, 3.8) is 0 Å². The normalized spacial score (nSPS) is 37.3. The van der Waals surface area contributed by atoms with Gasteiger partial charge in [0.1, 0.15) is 18.3 Å². The van der Waals surface area contributed by atoms with Gasteiger partial charge in [-0.1, -0.05) is 26.7 Å². The van der Waals surface area contributed by atoms with Crippen molar-refractivity contribution in [3.05, 3.63) is 0 Å². The summed E-state index contributed by atoms with van der Waals surface area (Å²) in [6, 6.07) is 1.04. The van der Waals surface area contributed by atoms with Crippen molar-refractivity contribution in [1.82, 2.24) is 5.32 Å². The van der Waals surface area contributed by atoms with Gasteiger partial charge in [-0.15, -0.1) is 0 Å². The first-order valence-electron chi connectivity index (χ1n) is 13.5. The molecule has 3 aliphatic rings. The summed E-state index contributed by atoms with van der Waals surface area (Å²) in [6.45, 7) is 8.95. The lowest BCUT2D eigenvalue weighted by atomic mass is 9.92. The minimum Gasteiger partial charge on any atom is -0.465 e. The van der Waals surface area contributed by atoms with Crippen molar-refractivity contribution in [2.75, 3.05) is 26.9 Å². The van der Waals surface area contributed by atoms with Crippen molar-refractivity contribution in [1.29, 1.82) is 0 Å². The summed E-state index contributed by atoms with van der Waals surface area (Å²) in [5, 5.41) is 14.9. The Morgan fingerprint density at radius 2 is 1.89 bits per heavy atom. The van der Waals surface area contributed by atoms with Gasteiger partial charge in [-0.2, -0.15) is 0 Å². The molecule has 3 unspecified atom stereocenters. The Kier molecular flexibility index (Phi) is 10.8. The maximum Gasteiger partial charge on any atom is 0.366 e. The first-order valence-corrected chi connectivity index (χ1v) is 13.5. The molecule has 0 amide bonds. The number of rotatable bonds is 12. The van der Waals surface area contributed by atoms with E-state index in [2.05, 4.69) is 19.2 Å². The maximum atomic E-state index is 13.0. The lowest BCUT2D eigenvalue weighted by Crippen LogP contribution is -2.63. The van der Waals surface area contributed by atoms with E-state index in [0.717, 1.165) is 38.5 Å². The Balaban J connectivity index is 1.69. The number of aliphatic hydroxyl groups is 1. The van der Waals surface area contributed by atoms with E-state index in [9.17, 15) is 9.90 Å². The summed E-state index contributed by atoms with van der Waals surface area (Å²) in [5.74, 6) is -3.10. The predicted octanol–water partition coefficient (Wildman–Crippen LogP) is 3.06. The molecule has 0 spiro atoms. The van der Waals surface area contributed by atoms with E-state index in [-0.39, 0.29) is 13.0 Å². The highest BCUT2D eigenvalue weighted by atomic mass is 16.8. The molecule has 0 radical (unpaired) electrons. The highest BCUT2D eigenvalue weighted by molar-refractivity contribution is 5.78. The van der Waals surface area contributed by atoms with Crippen LogP contribution in [0.5, 0.6) is 0 Å². The van der Waals surface area contributed by atoms with Crippen molar-refractivity contribution < 1.29 is 38.3 Å². The zero-order valence-corrected chi connectivity index (χ0v) is 22.3. The van der Waals surface area contributed by atoms with Gasteiger partial charge in [0.25, 0.3) is 5.79 Å². The molecule has 2 N–H and O–H groups in total. The number of nitrogens with one attached hydrogen (secondary N) is 1. The van der Waals surface area contributed by atoms with E-state index in [1.807, 2.05) is 13.8 Å². The summed E-state index contributed by atoms with van der Waals surface area (Å²) in [4.78, 5) is 13.0. The van der Waals surface area contributed by atoms with E-state index >= 15 is 0 Å². The largest absolute Gasteiger partial charge is 0.465 e. The summed E-state index contributed by atoms with van der Waals surface area (Å²) in [5.41, 5.74) is 0. The number of carbonyl (C=O) groups excluding carboxylic acids is 1. The number of ether oxygens (including phenoxy) is 6. The van der Waals surface area contributed by atoms with Crippen LogP contribution in [-0.4, -0.2) is 86.1 Å². The highest BCUT2D eigenvalue weighted by Crippen LogP contribution is 2.38. The second-order valence-corrected chi connectivity index (χ2v) is 10.5. The molecule has 3 heterocycles. The highest BCUT2D eigenvalue weighted by Gasteiger charge is 2.57. The van der Waals surface area contributed by atoms with Gasteiger partial charge in [-0.25, -0.2) is 4.79 Å². The van der Waals surface area contributed by atoms with Crippen LogP contribution in [0, 0.1) is 0 Å². The first-order chi connectivity index (χ1) is 16.7. The number of piperidine rings is 1. The van der Waals surface area contributed by atoms with Gasteiger partial charge in [0, 0.05) is 25.1 Å². The third kappa shape index (κ3) is 7.60. The lowest BCUT2D eigenvalue weighted by Gasteiger charge is -2.46. The second kappa shape index (κ2) is 13.1. The van der Waals surface area contributed by atoms with Crippen LogP contribution >= 0.6 is 0 Å². The van der Waals surface area contributed by atoms with Crippen LogP contribution in [0.15, 0.2) is 0 Å². The molecule has 204 valence electrons. The molecule has 9 nitrogen and oxygen atoms in total. The van der Waals surface area contributed by atoms with Gasteiger partial charge < -0.3 is 38.8 Å². The van der Waals surface area contributed by atoms with Crippen LogP contribution in [-0.2, 0) is 33.2 Å². The Labute approximate surface area is 210 Å². The standard InChI is InChI=1S/C26H47NO8/c1-6-8-14-31-20-16-26(24(29)30-5,32-15-10-13-19-12-9-11-18(7-2)27-19)35-23(22(20)28)21-17-33-25(3,4)34-21/h18-23,27-28H,6-17H2,1-5H3/t18?,19?,20-,21-,22-,23?,26-/m1/s1. The molecule has 35 heavy (non-hydrogen) atoms. The molecule has 0 aliphatic carbocycles. The number of aliphatic hydroxyl groups excluding tert-OH is 1. The molecular weight excluding hydrogens is 454 g/mol. The minimum atomic E-state index is -1.67. The van der Waals surface area contributed by atoms with Crippen LogP contribution in [0.3, 0.4) is 0 Å². The summed E-state index contributed by atoms with van der Waals surface area (Å²) >= 11 is 0. The third-order valence-corrected chi connectivity index (χ3v) is 7.34. The molecule has 3 aliphatic heterocycles. The molecule has 0 aromatic carbocycles. The van der Waals surface area contributed by atoms with Crippen molar-refractivity contribution in [3.8, 4) is 0 Å². The molecule has 0 bridgehead atoms. The lowest BCUT2D eigenvalue weighted by molar-refractivity contribution is -0.329. The average molecular weight is 502 g/mol. The molecule has 9 heteroatoms. The van der Waals surface area contributed by atoms with E-state index in [4.69, 9.17) is 28.4 Å². The van der Waals surface area contributed by atoms with Gasteiger partial charge in [-0.05, 0) is 52.4 Å². The molecule has 0 saturated carbocycles. The Hall–Kier alpha value is -0.810. The van der Waals surface area contributed by atoms with E-state index in [1.54, 1.807) is 0 Å². The first kappa shape index (κ1) is 28.8. The van der Waals surface area contributed by atoms with Crippen LogP contribution in [0.4, 0.5) is 0 Å². The summed E-state index contributed by atoms with van der Waals surface area (Å²) in [7, 11) is 1.32. The molecule has 0 aromatic heterocycles. The zero-order chi connectivity index (χ0) is 25.5. The number of hydrogen-bond acceptors (Lipinski definition) is 9. The second-order valence-electron chi connectivity index (χ2n) is 10.5. The smallest absolute Gasteiger partial charge is 0.366 e. The van der Waals surface area contributed by atoms with Gasteiger partial charge in [0.2, 0.25) is 0 Å². The van der Waals surface area contributed by atoms with E-state index in [1.165, 1.54) is 20.0 Å². The predicted molar refractivity (Wildman–Crippen MR) is 130 cm³/mol. The number of hydrogen-bond donors (Lipinski definition) is 2. The quantitative estimate of drug-likeness (QED) is 0.308. The Morgan fingerprint density at radius 3 is 2.54 bits per heavy atom. The fourth-order valence-electron chi connectivity index (χ4n) is 5.31. The van der Waals surface area contributed by atoms with Crippen LogP contribution in [0.1, 0.15) is 85.5 Å². The molecule has 3 saturated heterocycles. The van der Waals surface area contributed by atoms with Crippen LogP contribution in [0.25, 0.3) is 0 Å². The monoisotopic (exact) mass is 501 g/mol. The van der Waals surface area contributed by atoms with Gasteiger partial charge in [0.05, 0.1) is 26.4 Å². The minimum absolute atomic E-state index is 0.0532. The number of carbonyl (C=O) groups is 1. The van der Waals surface area contributed by atoms with Crippen molar-refractivity contribution in [2.24, 2.45) is 0 Å². The van der Waals surface area contributed by atoms with Crippen LogP contribution < -0.4 is 5.32 Å². The number of esters is 1. The van der Waals surface area contributed by atoms with Gasteiger partial charge in [-0.3, -0.25) is 0 Å². The van der Waals surface area contributed by atoms with E-state index in [0.29, 0.717) is 25.3 Å². The average Bonchev–Trinajstić information content (AvgIpc) is 3.22. The fourth-order valence-corrected chi connectivity index (χ4v) is 5.31. The fraction of sp³-hybridized carbons (Fsp3) is 0.962. The van der Waals surface area contributed by atoms with E-state index < -0.39 is 42.0 Å². The maximum absolute atomic E-state index is 13.0. The zero-order valence-electron chi connectivity index (χ0n) is 22.3. The molecule has 7 atom stereocenters. The summed E-state index contributed by atoms with van der Waals surface area (Å²) in [6.07, 6.45) is 5.30. The van der Waals surface area contributed by atoms with Crippen LogP contribution in [0.2, 0.25) is 0 Å². The topological polar surface area (TPSA) is 105 Å². The third-order valence-electron chi connectivity index (χ3n) is 7.34. The number of unbranched alkanes of at least 4 members (excludes halogenated alkanes) is 1. The van der Waals surface area contributed by atoms with Crippen molar-refractivity contribution in [2.45, 2.75) is 134 Å². The SMILES string of the molecule is CCCCO[C@@H]1C[C@](OCCCC2CCCC(CC)N2)(C(=O)OC)OC([C@H]2COC(C)(C)O2)[C@@H]1O. The van der Waals surface area contributed by atoms with Gasteiger partial charge >= 0.3 is 5.97 Å².